The average molecular weight is 370 g/mol. The Balaban J connectivity index is 0. The minimum absolute atomic E-state index is 0.0305. The zero-order valence-corrected chi connectivity index (χ0v) is 14.2. The van der Waals surface area contributed by atoms with E-state index in [4.69, 9.17) is 30.2 Å². The number of hydrogen-bond donors (Lipinski definition) is 6. The van der Waals surface area contributed by atoms with Gasteiger partial charge in [0.1, 0.15) is 0 Å². The predicted octanol–water partition coefficient (Wildman–Crippen LogP) is -0.781. The van der Waals surface area contributed by atoms with E-state index in [1.165, 1.54) is 13.8 Å². The van der Waals surface area contributed by atoms with Crippen molar-refractivity contribution in [3.05, 3.63) is 0 Å². The van der Waals surface area contributed by atoms with Crippen molar-refractivity contribution in [1.82, 2.24) is 0 Å². The van der Waals surface area contributed by atoms with E-state index in [1.807, 2.05) is 0 Å². The highest BCUT2D eigenvalue weighted by atomic mass is 31.3. The van der Waals surface area contributed by atoms with Gasteiger partial charge in [0, 0.05) is 0 Å². The third kappa shape index (κ3) is 10.8. The van der Waals surface area contributed by atoms with Gasteiger partial charge in [0.05, 0.1) is 45.1 Å². The zero-order chi connectivity index (χ0) is 17.9. The van der Waals surface area contributed by atoms with Crippen molar-refractivity contribution in [2.75, 3.05) is 39.6 Å². The van der Waals surface area contributed by atoms with Crippen molar-refractivity contribution in [2.24, 2.45) is 5.41 Å². The molecule has 0 aliphatic rings. The van der Waals surface area contributed by atoms with E-state index < -0.39 is 47.5 Å². The van der Waals surface area contributed by atoms with Crippen LogP contribution < -0.4 is 0 Å². The maximum atomic E-state index is 11.3. The summed E-state index contributed by atoms with van der Waals surface area (Å²) in [7, 11) is -8.96. The number of aliphatic hydroxyl groups is 4. The van der Waals surface area contributed by atoms with Crippen LogP contribution in [0.3, 0.4) is 0 Å². The van der Waals surface area contributed by atoms with Crippen molar-refractivity contribution < 1.29 is 52.7 Å². The highest BCUT2D eigenvalue weighted by Gasteiger charge is 2.35. The molecule has 22 heavy (non-hydrogen) atoms. The van der Waals surface area contributed by atoms with E-state index in [0.717, 1.165) is 0 Å². The lowest BCUT2D eigenvalue weighted by atomic mass is 9.93. The van der Waals surface area contributed by atoms with E-state index in [1.54, 1.807) is 0 Å². The van der Waals surface area contributed by atoms with Gasteiger partial charge >= 0.3 is 15.6 Å². The summed E-state index contributed by atoms with van der Waals surface area (Å²) in [6.45, 7) is 1.30. The summed E-state index contributed by atoms with van der Waals surface area (Å²) in [5.74, 6) is 0. The lowest BCUT2D eigenvalue weighted by molar-refractivity contribution is -0.0328. The van der Waals surface area contributed by atoms with Crippen LogP contribution in [0.15, 0.2) is 0 Å². The number of phosphoric acid groups is 2. The van der Waals surface area contributed by atoms with Crippen molar-refractivity contribution in [2.45, 2.75) is 13.8 Å². The predicted molar refractivity (Wildman–Crippen MR) is 74.8 cm³/mol. The van der Waals surface area contributed by atoms with Crippen LogP contribution in [0.25, 0.3) is 0 Å². The molecule has 0 saturated carbocycles. The highest BCUT2D eigenvalue weighted by molar-refractivity contribution is 7.61. The molecule has 0 fully saturated rings. The quantitative estimate of drug-likeness (QED) is 0.265. The molecule has 13 heteroatoms. The Morgan fingerprint density at radius 2 is 1.14 bits per heavy atom. The van der Waals surface area contributed by atoms with Crippen LogP contribution in [0.4, 0.5) is 0 Å². The second-order valence-electron chi connectivity index (χ2n) is 3.99. The third-order valence-electron chi connectivity index (χ3n) is 2.12. The Kier molecular flexibility index (Phi) is 12.8. The first kappa shape index (κ1) is 24.4. The average Bonchev–Trinajstić information content (AvgIpc) is 2.41. The Morgan fingerprint density at radius 3 is 1.27 bits per heavy atom. The van der Waals surface area contributed by atoms with Crippen LogP contribution in [0, 0.1) is 5.41 Å². The van der Waals surface area contributed by atoms with Gasteiger partial charge in [-0.1, -0.05) is 0 Å². The molecule has 0 aliphatic heterocycles. The molecule has 0 saturated heterocycles. The summed E-state index contributed by atoms with van der Waals surface area (Å²) >= 11 is 0. The fraction of sp³-hybridized carbons (Fsp3) is 1.00. The van der Waals surface area contributed by atoms with Crippen molar-refractivity contribution in [3.8, 4) is 0 Å². The molecule has 0 aromatic rings. The van der Waals surface area contributed by atoms with E-state index in [0.29, 0.717) is 0 Å². The lowest BCUT2D eigenvalue weighted by Crippen LogP contribution is -2.37. The summed E-state index contributed by atoms with van der Waals surface area (Å²) in [4.78, 5) is 16.7. The van der Waals surface area contributed by atoms with Gasteiger partial charge < -0.3 is 30.2 Å². The molecule has 0 bridgehead atoms. The van der Waals surface area contributed by atoms with Crippen LogP contribution in [-0.4, -0.2) is 69.9 Å². The Morgan fingerprint density at radius 1 is 0.818 bits per heavy atom. The molecule has 11 nitrogen and oxygen atoms in total. The van der Waals surface area contributed by atoms with Crippen LogP contribution in [-0.2, 0) is 22.5 Å². The van der Waals surface area contributed by atoms with Crippen LogP contribution in [0.5, 0.6) is 0 Å². The molecular weight excluding hydrogens is 346 g/mol. The van der Waals surface area contributed by atoms with Crippen LogP contribution >= 0.6 is 15.6 Å². The number of aliphatic hydroxyl groups excluding tert-OH is 4. The molecule has 0 heterocycles. The molecule has 136 valence electrons. The molecule has 0 aliphatic carbocycles. The summed E-state index contributed by atoms with van der Waals surface area (Å²) in [6.07, 6.45) is 0. The van der Waals surface area contributed by atoms with Crippen molar-refractivity contribution in [3.63, 3.8) is 0 Å². The minimum Gasteiger partial charge on any atom is -0.396 e. The topological polar surface area (TPSA) is 183 Å². The fourth-order valence-electron chi connectivity index (χ4n) is 0.831. The SMILES string of the molecule is CCOP(=O)(OCC)OP(=O)(O)O.OCC(CO)(CO)CO. The summed E-state index contributed by atoms with van der Waals surface area (Å²) in [5, 5.41) is 34.0. The summed E-state index contributed by atoms with van der Waals surface area (Å²) in [6, 6.07) is 0. The van der Waals surface area contributed by atoms with Crippen LogP contribution in [0.2, 0.25) is 0 Å². The smallest absolute Gasteiger partial charge is 0.396 e. The zero-order valence-electron chi connectivity index (χ0n) is 12.4. The molecule has 0 rings (SSSR count). The maximum absolute atomic E-state index is 11.3. The van der Waals surface area contributed by atoms with Gasteiger partial charge in [-0.15, -0.1) is 0 Å². The molecule has 6 N–H and O–H groups in total. The first-order valence-corrected chi connectivity index (χ1v) is 9.16. The molecule has 0 aromatic heterocycles. The molecular formula is C9H24O11P2. The molecule has 0 atom stereocenters. The van der Waals surface area contributed by atoms with E-state index >= 15 is 0 Å². The van der Waals surface area contributed by atoms with Gasteiger partial charge in [-0.25, -0.2) is 9.13 Å². The summed E-state index contributed by atoms with van der Waals surface area (Å²) in [5.41, 5.74) is -1.11. The van der Waals surface area contributed by atoms with E-state index in [2.05, 4.69) is 13.4 Å². The first-order valence-electron chi connectivity index (χ1n) is 6.17. The second-order valence-corrected chi connectivity index (χ2v) is 7.03. The van der Waals surface area contributed by atoms with Crippen molar-refractivity contribution in [1.29, 1.82) is 0 Å². The molecule has 0 spiro atoms. The van der Waals surface area contributed by atoms with Crippen molar-refractivity contribution >= 4 is 15.6 Å². The number of hydrogen-bond acceptors (Lipinski definition) is 9. The second kappa shape index (κ2) is 11.6. The highest BCUT2D eigenvalue weighted by Crippen LogP contribution is 2.60. The van der Waals surface area contributed by atoms with E-state index in [9.17, 15) is 9.13 Å². The Labute approximate surface area is 128 Å². The van der Waals surface area contributed by atoms with Gasteiger partial charge in [0.15, 0.2) is 0 Å². The first-order chi connectivity index (χ1) is 10.1. The lowest BCUT2D eigenvalue weighted by Gasteiger charge is -2.23. The largest absolute Gasteiger partial charge is 0.483 e. The van der Waals surface area contributed by atoms with Gasteiger partial charge in [-0.05, 0) is 13.8 Å². The third-order valence-corrected chi connectivity index (χ3v) is 4.92. The minimum atomic E-state index is -4.86. The number of phosphoric ester groups is 1. The summed E-state index contributed by atoms with van der Waals surface area (Å²) < 4.78 is 34.4. The standard InChI is InChI=1S/C5H12O4.C4H12O7P2/c6-1-5(2-7,3-8)4-9;1-3-9-13(8,10-4-2)11-12(5,6)7/h6-9H,1-4H2;3-4H2,1-2H3,(H2,5,6,7). The monoisotopic (exact) mass is 370 g/mol. The Hall–Kier alpha value is 0.100. The molecule has 0 aromatic carbocycles. The number of rotatable bonds is 10. The van der Waals surface area contributed by atoms with E-state index in [-0.39, 0.29) is 13.2 Å². The molecule has 0 amide bonds. The van der Waals surface area contributed by atoms with Gasteiger partial charge in [-0.3, -0.25) is 9.05 Å². The normalized spacial score (nSPS) is 12.7. The molecule has 0 unspecified atom stereocenters. The van der Waals surface area contributed by atoms with Gasteiger partial charge in [0.25, 0.3) is 0 Å². The maximum Gasteiger partial charge on any atom is 0.483 e. The van der Waals surface area contributed by atoms with Gasteiger partial charge in [-0.2, -0.15) is 4.31 Å². The molecule has 0 radical (unpaired) electrons. The fourth-order valence-corrected chi connectivity index (χ4v) is 2.96. The Bertz CT molecular complexity index is 337. The van der Waals surface area contributed by atoms with Gasteiger partial charge in [0.2, 0.25) is 0 Å². The van der Waals surface area contributed by atoms with Crippen LogP contribution in [0.1, 0.15) is 13.8 Å².